The second kappa shape index (κ2) is 4.94. The predicted molar refractivity (Wildman–Crippen MR) is 74.8 cm³/mol. The summed E-state index contributed by atoms with van der Waals surface area (Å²) in [5.41, 5.74) is 1.77. The minimum atomic E-state index is -0.408. The molecule has 3 rings (SSSR count). The summed E-state index contributed by atoms with van der Waals surface area (Å²) in [6.45, 7) is 0. The van der Waals surface area contributed by atoms with Gasteiger partial charge in [0.25, 0.3) is 0 Å². The number of fused-ring (bicyclic) bond motifs is 1. The van der Waals surface area contributed by atoms with Gasteiger partial charge in [0.1, 0.15) is 0 Å². The van der Waals surface area contributed by atoms with Crippen molar-refractivity contribution in [3.8, 4) is 11.4 Å². The summed E-state index contributed by atoms with van der Waals surface area (Å²) < 4.78 is 6.45. The van der Waals surface area contributed by atoms with Crippen LogP contribution in [0.3, 0.4) is 0 Å². The molecule has 3 aromatic rings. The minimum absolute atomic E-state index is 0.408. The van der Waals surface area contributed by atoms with Gasteiger partial charge in [0.05, 0.1) is 17.7 Å². The van der Waals surface area contributed by atoms with Crippen molar-refractivity contribution in [2.75, 3.05) is 7.11 Å². The van der Waals surface area contributed by atoms with Gasteiger partial charge in [-0.25, -0.2) is 4.79 Å². The van der Waals surface area contributed by atoms with E-state index >= 15 is 0 Å². The first kappa shape index (κ1) is 12.6. The molecule has 6 heteroatoms. The van der Waals surface area contributed by atoms with Crippen LogP contribution >= 0.6 is 11.6 Å². The number of hydrogen-bond acceptors (Lipinski definition) is 4. The van der Waals surface area contributed by atoms with Crippen molar-refractivity contribution < 1.29 is 9.53 Å². The number of hydrogen-bond donors (Lipinski definition) is 0. The van der Waals surface area contributed by atoms with Gasteiger partial charge >= 0.3 is 5.97 Å². The van der Waals surface area contributed by atoms with E-state index in [1.807, 2.05) is 18.2 Å². The lowest BCUT2D eigenvalue weighted by Crippen LogP contribution is -2.02. The fourth-order valence-electron chi connectivity index (χ4n) is 1.96. The van der Waals surface area contributed by atoms with Crippen LogP contribution in [0.1, 0.15) is 10.4 Å². The Morgan fingerprint density at radius 1 is 1.25 bits per heavy atom. The van der Waals surface area contributed by atoms with Crippen molar-refractivity contribution >= 4 is 23.2 Å². The second-order valence-electron chi connectivity index (χ2n) is 4.14. The van der Waals surface area contributed by atoms with E-state index in [9.17, 15) is 4.79 Å². The highest BCUT2D eigenvalue weighted by atomic mass is 35.5. The third kappa shape index (κ3) is 2.02. The van der Waals surface area contributed by atoms with E-state index in [0.29, 0.717) is 22.1 Å². The lowest BCUT2D eigenvalue weighted by molar-refractivity contribution is 0.0600. The highest BCUT2D eigenvalue weighted by Gasteiger charge is 2.13. The fraction of sp³-hybridized carbons (Fsp3) is 0.0714. The number of halogens is 1. The van der Waals surface area contributed by atoms with Crippen LogP contribution < -0.4 is 0 Å². The number of rotatable bonds is 2. The molecule has 0 radical (unpaired) electrons. The van der Waals surface area contributed by atoms with Gasteiger partial charge in [-0.15, -0.1) is 10.2 Å². The molecular formula is C14H10ClN3O2. The Labute approximate surface area is 119 Å². The first-order valence-electron chi connectivity index (χ1n) is 5.88. The van der Waals surface area contributed by atoms with E-state index in [4.69, 9.17) is 11.6 Å². The Kier molecular flexibility index (Phi) is 3.12. The molecular weight excluding hydrogens is 278 g/mol. The Balaban J connectivity index is 2.16. The summed E-state index contributed by atoms with van der Waals surface area (Å²) in [6, 6.07) is 10.7. The van der Waals surface area contributed by atoms with Crippen molar-refractivity contribution in [1.29, 1.82) is 0 Å². The number of carbonyl (C=O) groups excluding carboxylic acids is 1. The van der Waals surface area contributed by atoms with Crippen molar-refractivity contribution in [2.24, 2.45) is 0 Å². The number of nitrogens with zero attached hydrogens (tertiary/aromatic N) is 3. The van der Waals surface area contributed by atoms with Crippen LogP contribution in [0.5, 0.6) is 0 Å². The standard InChI is InChI=1S/C14H10ClN3O2/c1-20-14(19)9-6-7-18-12(8-9)16-17-13(18)10-4-2-3-5-11(10)15/h2-8H,1H3. The van der Waals surface area contributed by atoms with Gasteiger partial charge in [-0.05, 0) is 24.3 Å². The molecule has 0 spiro atoms. The van der Waals surface area contributed by atoms with E-state index in [-0.39, 0.29) is 0 Å². The van der Waals surface area contributed by atoms with Crippen LogP contribution in [0.2, 0.25) is 5.02 Å². The average Bonchev–Trinajstić information content (AvgIpc) is 2.90. The van der Waals surface area contributed by atoms with E-state index in [2.05, 4.69) is 14.9 Å². The number of carbonyl (C=O) groups is 1. The monoisotopic (exact) mass is 287 g/mol. The molecule has 0 aliphatic heterocycles. The quantitative estimate of drug-likeness (QED) is 0.680. The Bertz CT molecular complexity index is 798. The van der Waals surface area contributed by atoms with Crippen LogP contribution in [-0.2, 0) is 4.74 Å². The molecule has 20 heavy (non-hydrogen) atoms. The lowest BCUT2D eigenvalue weighted by Gasteiger charge is -2.03. The van der Waals surface area contributed by atoms with Crippen LogP contribution in [0.25, 0.3) is 17.0 Å². The van der Waals surface area contributed by atoms with Crippen molar-refractivity contribution in [3.05, 3.63) is 53.2 Å². The molecule has 0 aliphatic carbocycles. The third-order valence-electron chi connectivity index (χ3n) is 2.95. The SMILES string of the molecule is COC(=O)c1ccn2c(-c3ccccc3Cl)nnc2c1. The van der Waals surface area contributed by atoms with E-state index in [1.165, 1.54) is 7.11 Å². The number of esters is 1. The molecule has 5 nitrogen and oxygen atoms in total. The van der Waals surface area contributed by atoms with Crippen LogP contribution in [0, 0.1) is 0 Å². The summed E-state index contributed by atoms with van der Waals surface area (Å²) in [4.78, 5) is 11.5. The first-order chi connectivity index (χ1) is 9.70. The molecule has 0 amide bonds. The maximum Gasteiger partial charge on any atom is 0.338 e. The van der Waals surface area contributed by atoms with Gasteiger partial charge < -0.3 is 4.74 Å². The Hall–Kier alpha value is -2.40. The molecule has 0 N–H and O–H groups in total. The topological polar surface area (TPSA) is 56.5 Å². The predicted octanol–water partition coefficient (Wildman–Crippen LogP) is 2.84. The van der Waals surface area contributed by atoms with Crippen LogP contribution in [0.4, 0.5) is 0 Å². The van der Waals surface area contributed by atoms with Gasteiger partial charge in [0, 0.05) is 11.8 Å². The number of ether oxygens (including phenoxy) is 1. The maximum atomic E-state index is 11.5. The Morgan fingerprint density at radius 2 is 2.05 bits per heavy atom. The minimum Gasteiger partial charge on any atom is -0.465 e. The van der Waals surface area contributed by atoms with Gasteiger partial charge in [-0.3, -0.25) is 4.40 Å². The zero-order valence-electron chi connectivity index (χ0n) is 10.6. The third-order valence-corrected chi connectivity index (χ3v) is 3.28. The molecule has 2 heterocycles. The molecule has 0 fully saturated rings. The largest absolute Gasteiger partial charge is 0.465 e. The average molecular weight is 288 g/mol. The number of aromatic nitrogens is 3. The molecule has 100 valence electrons. The van der Waals surface area contributed by atoms with Crippen LogP contribution in [0.15, 0.2) is 42.6 Å². The van der Waals surface area contributed by atoms with E-state index < -0.39 is 5.97 Å². The summed E-state index contributed by atoms with van der Waals surface area (Å²) in [5, 5.41) is 8.79. The molecule has 0 unspecified atom stereocenters. The molecule has 0 aliphatic rings. The van der Waals surface area contributed by atoms with Gasteiger partial charge in [0.15, 0.2) is 11.5 Å². The maximum absolute atomic E-state index is 11.5. The highest BCUT2D eigenvalue weighted by molar-refractivity contribution is 6.33. The number of pyridine rings is 1. The smallest absolute Gasteiger partial charge is 0.338 e. The number of benzene rings is 1. The van der Waals surface area contributed by atoms with Crippen molar-refractivity contribution in [1.82, 2.24) is 14.6 Å². The summed E-state index contributed by atoms with van der Waals surface area (Å²) in [7, 11) is 1.34. The van der Waals surface area contributed by atoms with E-state index in [0.717, 1.165) is 5.56 Å². The van der Waals surface area contributed by atoms with Gasteiger partial charge in [-0.1, -0.05) is 23.7 Å². The van der Waals surface area contributed by atoms with Crippen molar-refractivity contribution in [3.63, 3.8) is 0 Å². The van der Waals surface area contributed by atoms with Gasteiger partial charge in [0.2, 0.25) is 0 Å². The van der Waals surface area contributed by atoms with Crippen LogP contribution in [-0.4, -0.2) is 27.7 Å². The van der Waals surface area contributed by atoms with Crippen molar-refractivity contribution in [2.45, 2.75) is 0 Å². The highest BCUT2D eigenvalue weighted by Crippen LogP contribution is 2.26. The lowest BCUT2D eigenvalue weighted by atomic mass is 10.2. The molecule has 0 bridgehead atoms. The summed E-state index contributed by atoms with van der Waals surface area (Å²) in [6.07, 6.45) is 1.72. The summed E-state index contributed by atoms with van der Waals surface area (Å²) in [5.74, 6) is 0.219. The molecule has 0 saturated carbocycles. The molecule has 2 aromatic heterocycles. The molecule has 0 saturated heterocycles. The number of methoxy groups -OCH3 is 1. The molecule has 1 aromatic carbocycles. The van der Waals surface area contributed by atoms with E-state index in [1.54, 1.807) is 28.8 Å². The Morgan fingerprint density at radius 3 is 2.80 bits per heavy atom. The first-order valence-corrected chi connectivity index (χ1v) is 6.26. The fourth-order valence-corrected chi connectivity index (χ4v) is 2.18. The molecule has 0 atom stereocenters. The normalized spacial score (nSPS) is 10.7. The second-order valence-corrected chi connectivity index (χ2v) is 4.55. The summed E-state index contributed by atoms with van der Waals surface area (Å²) >= 11 is 6.17. The van der Waals surface area contributed by atoms with Gasteiger partial charge in [-0.2, -0.15) is 0 Å². The zero-order valence-corrected chi connectivity index (χ0v) is 11.3. The zero-order chi connectivity index (χ0) is 14.1.